The molecule has 0 aliphatic carbocycles. The fourth-order valence-electron chi connectivity index (χ4n) is 2.45. The van der Waals surface area contributed by atoms with Crippen molar-refractivity contribution < 1.29 is 4.74 Å². The summed E-state index contributed by atoms with van der Waals surface area (Å²) in [4.78, 5) is 2.47. The molecule has 3 nitrogen and oxygen atoms in total. The standard InChI is InChI=1S/C14H22N2O/c1-15-9-12-5-3-4-6-13(12)10-16-8-7-14(11-16)17-2/h3-6,14-15H,7-11H2,1-2H3. The summed E-state index contributed by atoms with van der Waals surface area (Å²) < 4.78 is 5.40. The van der Waals surface area contributed by atoms with Crippen molar-refractivity contribution in [2.45, 2.75) is 25.6 Å². The second-order valence-corrected chi connectivity index (χ2v) is 4.68. The zero-order valence-electron chi connectivity index (χ0n) is 10.8. The van der Waals surface area contributed by atoms with Gasteiger partial charge in [0.15, 0.2) is 0 Å². The molecular formula is C14H22N2O. The van der Waals surface area contributed by atoms with E-state index in [1.54, 1.807) is 0 Å². The number of hydrogen-bond acceptors (Lipinski definition) is 3. The van der Waals surface area contributed by atoms with E-state index in [4.69, 9.17) is 4.74 Å². The third kappa shape index (κ3) is 3.28. The number of nitrogens with one attached hydrogen (secondary N) is 1. The summed E-state index contributed by atoms with van der Waals surface area (Å²) >= 11 is 0. The van der Waals surface area contributed by atoms with Gasteiger partial charge in [-0.3, -0.25) is 4.90 Å². The van der Waals surface area contributed by atoms with Gasteiger partial charge >= 0.3 is 0 Å². The minimum Gasteiger partial charge on any atom is -0.380 e. The van der Waals surface area contributed by atoms with Gasteiger partial charge in [0, 0.05) is 33.3 Å². The molecule has 3 heteroatoms. The van der Waals surface area contributed by atoms with Gasteiger partial charge in [-0.1, -0.05) is 24.3 Å². The van der Waals surface area contributed by atoms with E-state index in [9.17, 15) is 0 Å². The van der Waals surface area contributed by atoms with E-state index in [1.807, 2.05) is 14.2 Å². The van der Waals surface area contributed by atoms with Crippen molar-refractivity contribution in [3.8, 4) is 0 Å². The molecule has 0 spiro atoms. The Morgan fingerprint density at radius 3 is 2.76 bits per heavy atom. The van der Waals surface area contributed by atoms with Crippen molar-refractivity contribution in [1.82, 2.24) is 10.2 Å². The average Bonchev–Trinajstić information content (AvgIpc) is 2.80. The molecule has 0 radical (unpaired) electrons. The van der Waals surface area contributed by atoms with Crippen molar-refractivity contribution in [1.29, 1.82) is 0 Å². The van der Waals surface area contributed by atoms with Gasteiger partial charge in [-0.05, 0) is 24.6 Å². The number of benzene rings is 1. The van der Waals surface area contributed by atoms with Gasteiger partial charge in [-0.2, -0.15) is 0 Å². The van der Waals surface area contributed by atoms with Crippen LogP contribution in [-0.2, 0) is 17.8 Å². The topological polar surface area (TPSA) is 24.5 Å². The van der Waals surface area contributed by atoms with E-state index in [2.05, 4.69) is 34.5 Å². The van der Waals surface area contributed by atoms with Gasteiger partial charge in [0.2, 0.25) is 0 Å². The van der Waals surface area contributed by atoms with Crippen LogP contribution in [0.3, 0.4) is 0 Å². The Hall–Kier alpha value is -0.900. The van der Waals surface area contributed by atoms with Gasteiger partial charge in [0.05, 0.1) is 6.10 Å². The molecule has 1 atom stereocenters. The molecule has 0 amide bonds. The van der Waals surface area contributed by atoms with Gasteiger partial charge in [0.25, 0.3) is 0 Å². The first-order valence-electron chi connectivity index (χ1n) is 6.30. The molecule has 1 aromatic rings. The molecule has 1 fully saturated rings. The maximum absolute atomic E-state index is 5.40. The molecule has 1 unspecified atom stereocenters. The number of ether oxygens (including phenoxy) is 1. The molecule has 1 saturated heterocycles. The second-order valence-electron chi connectivity index (χ2n) is 4.68. The Morgan fingerprint density at radius 2 is 2.12 bits per heavy atom. The van der Waals surface area contributed by atoms with Crippen molar-refractivity contribution >= 4 is 0 Å². The Labute approximate surface area is 104 Å². The minimum atomic E-state index is 0.423. The molecule has 1 aromatic carbocycles. The highest BCUT2D eigenvalue weighted by atomic mass is 16.5. The summed E-state index contributed by atoms with van der Waals surface area (Å²) in [5.74, 6) is 0. The Balaban J connectivity index is 1.98. The predicted molar refractivity (Wildman–Crippen MR) is 69.9 cm³/mol. The summed E-state index contributed by atoms with van der Waals surface area (Å²) in [5, 5.41) is 3.23. The molecule has 0 bridgehead atoms. The van der Waals surface area contributed by atoms with Crippen LogP contribution in [0.4, 0.5) is 0 Å². The third-order valence-electron chi connectivity index (χ3n) is 3.44. The molecule has 17 heavy (non-hydrogen) atoms. The number of methoxy groups -OCH3 is 1. The summed E-state index contributed by atoms with van der Waals surface area (Å²) in [6.45, 7) is 4.19. The SMILES string of the molecule is CNCc1ccccc1CN1CCC(OC)C1. The zero-order chi connectivity index (χ0) is 12.1. The number of hydrogen-bond donors (Lipinski definition) is 1. The van der Waals surface area contributed by atoms with Crippen molar-refractivity contribution in [2.75, 3.05) is 27.2 Å². The summed E-state index contributed by atoms with van der Waals surface area (Å²) in [5.41, 5.74) is 2.83. The highest BCUT2D eigenvalue weighted by molar-refractivity contribution is 5.27. The summed E-state index contributed by atoms with van der Waals surface area (Å²) in [7, 11) is 3.80. The van der Waals surface area contributed by atoms with E-state index >= 15 is 0 Å². The van der Waals surface area contributed by atoms with E-state index in [0.717, 1.165) is 32.6 Å². The Kier molecular flexibility index (Phi) is 4.54. The van der Waals surface area contributed by atoms with Crippen molar-refractivity contribution in [3.05, 3.63) is 35.4 Å². The first-order valence-corrected chi connectivity index (χ1v) is 6.30. The lowest BCUT2D eigenvalue weighted by Crippen LogP contribution is -2.23. The molecule has 1 aliphatic heterocycles. The largest absolute Gasteiger partial charge is 0.380 e. The van der Waals surface area contributed by atoms with Crippen LogP contribution in [-0.4, -0.2) is 38.3 Å². The normalized spacial score (nSPS) is 20.9. The fourth-order valence-corrected chi connectivity index (χ4v) is 2.45. The molecule has 1 N–H and O–H groups in total. The highest BCUT2D eigenvalue weighted by Gasteiger charge is 2.22. The first kappa shape index (κ1) is 12.6. The molecular weight excluding hydrogens is 212 g/mol. The molecule has 1 aliphatic rings. The van der Waals surface area contributed by atoms with Crippen LogP contribution < -0.4 is 5.32 Å². The molecule has 2 rings (SSSR count). The van der Waals surface area contributed by atoms with E-state index in [0.29, 0.717) is 6.10 Å². The van der Waals surface area contributed by atoms with Gasteiger partial charge in [0.1, 0.15) is 0 Å². The number of likely N-dealkylation sites (tertiary alicyclic amines) is 1. The maximum Gasteiger partial charge on any atom is 0.0710 e. The molecule has 0 aromatic heterocycles. The molecule has 1 heterocycles. The van der Waals surface area contributed by atoms with Gasteiger partial charge in [-0.25, -0.2) is 0 Å². The predicted octanol–water partition coefficient (Wildman–Crippen LogP) is 1.63. The van der Waals surface area contributed by atoms with Crippen LogP contribution in [0.5, 0.6) is 0 Å². The van der Waals surface area contributed by atoms with E-state index in [1.165, 1.54) is 11.1 Å². The second kappa shape index (κ2) is 6.15. The van der Waals surface area contributed by atoms with Crippen LogP contribution >= 0.6 is 0 Å². The van der Waals surface area contributed by atoms with Crippen molar-refractivity contribution in [3.63, 3.8) is 0 Å². The number of rotatable bonds is 5. The minimum absolute atomic E-state index is 0.423. The van der Waals surface area contributed by atoms with Gasteiger partial charge < -0.3 is 10.1 Å². The summed E-state index contributed by atoms with van der Waals surface area (Å²) in [6, 6.07) is 8.67. The van der Waals surface area contributed by atoms with Gasteiger partial charge in [-0.15, -0.1) is 0 Å². The highest BCUT2D eigenvalue weighted by Crippen LogP contribution is 2.17. The van der Waals surface area contributed by atoms with E-state index in [-0.39, 0.29) is 0 Å². The van der Waals surface area contributed by atoms with Crippen LogP contribution in [0.1, 0.15) is 17.5 Å². The van der Waals surface area contributed by atoms with Crippen LogP contribution in [0.2, 0.25) is 0 Å². The van der Waals surface area contributed by atoms with Crippen LogP contribution in [0.25, 0.3) is 0 Å². The maximum atomic E-state index is 5.40. The van der Waals surface area contributed by atoms with Crippen molar-refractivity contribution in [2.24, 2.45) is 0 Å². The Bertz CT molecular complexity index is 354. The fraction of sp³-hybridized carbons (Fsp3) is 0.571. The molecule has 0 saturated carbocycles. The zero-order valence-corrected chi connectivity index (χ0v) is 10.8. The third-order valence-corrected chi connectivity index (χ3v) is 3.44. The average molecular weight is 234 g/mol. The lowest BCUT2D eigenvalue weighted by molar-refractivity contribution is 0.107. The summed E-state index contributed by atoms with van der Waals surface area (Å²) in [6.07, 6.45) is 1.58. The van der Waals surface area contributed by atoms with Crippen LogP contribution in [0, 0.1) is 0 Å². The first-order chi connectivity index (χ1) is 8.33. The smallest absolute Gasteiger partial charge is 0.0710 e. The van der Waals surface area contributed by atoms with Crippen LogP contribution in [0.15, 0.2) is 24.3 Å². The monoisotopic (exact) mass is 234 g/mol. The molecule has 94 valence electrons. The lowest BCUT2D eigenvalue weighted by Gasteiger charge is -2.18. The lowest BCUT2D eigenvalue weighted by atomic mass is 10.1. The number of nitrogens with zero attached hydrogens (tertiary/aromatic N) is 1. The Morgan fingerprint density at radius 1 is 1.35 bits per heavy atom. The quantitative estimate of drug-likeness (QED) is 0.838. The van der Waals surface area contributed by atoms with E-state index < -0.39 is 0 Å².